The van der Waals surface area contributed by atoms with Crippen LogP contribution in [0.4, 0.5) is 0 Å². The largest absolute Gasteiger partial charge is 0.494 e. The molecule has 0 aliphatic carbocycles. The van der Waals surface area contributed by atoms with E-state index in [4.69, 9.17) is 10.5 Å². The van der Waals surface area contributed by atoms with Crippen molar-refractivity contribution >= 4 is 16.8 Å². The summed E-state index contributed by atoms with van der Waals surface area (Å²) in [5.74, 6) is 0.635. The first kappa shape index (κ1) is 18.8. The molecule has 0 unspecified atom stereocenters. The summed E-state index contributed by atoms with van der Waals surface area (Å²) in [6.07, 6.45) is 5.86. The Morgan fingerprint density at radius 3 is 2.89 bits per heavy atom. The fourth-order valence-electron chi connectivity index (χ4n) is 3.24. The minimum Gasteiger partial charge on any atom is -0.494 e. The minimum absolute atomic E-state index is 0.0917. The second-order valence-electron chi connectivity index (χ2n) is 6.49. The van der Waals surface area contributed by atoms with Gasteiger partial charge in [-0.25, -0.2) is 0 Å². The van der Waals surface area contributed by atoms with Gasteiger partial charge in [-0.3, -0.25) is 14.9 Å². The second kappa shape index (κ2) is 8.18. The number of carbonyl (C=O) groups excluding carboxylic acids is 1. The van der Waals surface area contributed by atoms with Crippen LogP contribution in [-0.4, -0.2) is 46.2 Å². The summed E-state index contributed by atoms with van der Waals surface area (Å²) in [7, 11) is 1.79. The van der Waals surface area contributed by atoms with Crippen LogP contribution in [0.15, 0.2) is 36.8 Å². The Labute approximate surface area is 158 Å². The normalized spacial score (nSPS) is 12.1. The molecule has 2 aromatic heterocycles. The highest BCUT2D eigenvalue weighted by molar-refractivity contribution is 5.95. The van der Waals surface area contributed by atoms with Gasteiger partial charge in [0.15, 0.2) is 0 Å². The Balaban J connectivity index is 1.95. The molecule has 0 aliphatic rings. The lowest BCUT2D eigenvalue weighted by Gasteiger charge is -2.29. The van der Waals surface area contributed by atoms with Gasteiger partial charge < -0.3 is 15.4 Å². The molecule has 0 aliphatic heterocycles. The quantitative estimate of drug-likeness (QED) is 0.669. The molecule has 0 saturated carbocycles. The van der Waals surface area contributed by atoms with Gasteiger partial charge in [-0.05, 0) is 44.5 Å². The Morgan fingerprint density at radius 2 is 2.15 bits per heavy atom. The van der Waals surface area contributed by atoms with Crippen LogP contribution >= 0.6 is 0 Å². The number of pyridine rings is 1. The molecule has 7 heteroatoms. The van der Waals surface area contributed by atoms with Gasteiger partial charge in [0, 0.05) is 36.0 Å². The van der Waals surface area contributed by atoms with Crippen LogP contribution in [0, 0.1) is 6.92 Å². The van der Waals surface area contributed by atoms with Crippen molar-refractivity contribution < 1.29 is 9.53 Å². The van der Waals surface area contributed by atoms with Crippen LogP contribution in [-0.2, 0) is 0 Å². The molecule has 1 aromatic carbocycles. The summed E-state index contributed by atoms with van der Waals surface area (Å²) >= 11 is 0. The highest BCUT2D eigenvalue weighted by atomic mass is 16.5. The van der Waals surface area contributed by atoms with Crippen molar-refractivity contribution in [3.63, 3.8) is 0 Å². The maximum absolute atomic E-state index is 13.2. The summed E-state index contributed by atoms with van der Waals surface area (Å²) in [5, 5.41) is 8.00. The van der Waals surface area contributed by atoms with Crippen molar-refractivity contribution in [2.45, 2.75) is 26.3 Å². The topological polar surface area (TPSA) is 97.1 Å². The predicted octanol–water partition coefficient (Wildman–Crippen LogP) is 2.83. The molecule has 2 heterocycles. The van der Waals surface area contributed by atoms with E-state index in [1.807, 2.05) is 26.0 Å². The van der Waals surface area contributed by atoms with Crippen LogP contribution < -0.4 is 10.5 Å². The van der Waals surface area contributed by atoms with Crippen molar-refractivity contribution in [3.05, 3.63) is 53.5 Å². The monoisotopic (exact) mass is 367 g/mol. The SMILES string of the molecule is CCOc1cc(C(=O)N(C)[C@H](CCN)c2cncc3cn[nH]c23)ccc1C. The summed E-state index contributed by atoms with van der Waals surface area (Å²) in [6, 6.07) is 5.31. The van der Waals surface area contributed by atoms with Gasteiger partial charge in [-0.1, -0.05) is 6.07 Å². The second-order valence-corrected chi connectivity index (χ2v) is 6.49. The zero-order valence-corrected chi connectivity index (χ0v) is 15.9. The summed E-state index contributed by atoms with van der Waals surface area (Å²) in [5.41, 5.74) is 9.21. The lowest BCUT2D eigenvalue weighted by molar-refractivity contribution is 0.0724. The summed E-state index contributed by atoms with van der Waals surface area (Å²) in [4.78, 5) is 19.2. The van der Waals surface area contributed by atoms with Gasteiger partial charge in [0.1, 0.15) is 5.75 Å². The average Bonchev–Trinajstić information content (AvgIpc) is 3.16. The molecule has 3 aromatic rings. The number of H-pyrrole nitrogens is 1. The number of amides is 1. The van der Waals surface area contributed by atoms with Gasteiger partial charge in [0.25, 0.3) is 5.91 Å². The number of aryl methyl sites for hydroxylation is 1. The number of rotatable bonds is 7. The van der Waals surface area contributed by atoms with Crippen molar-refractivity contribution in [1.82, 2.24) is 20.1 Å². The minimum atomic E-state index is -0.212. The smallest absolute Gasteiger partial charge is 0.254 e. The molecule has 0 fully saturated rings. The average molecular weight is 367 g/mol. The summed E-state index contributed by atoms with van der Waals surface area (Å²) < 4.78 is 5.63. The number of aromatic amines is 1. The van der Waals surface area contributed by atoms with Gasteiger partial charge in [-0.15, -0.1) is 0 Å². The van der Waals surface area contributed by atoms with Gasteiger partial charge in [0.05, 0.1) is 24.4 Å². The number of aromatic nitrogens is 3. The van der Waals surface area contributed by atoms with Gasteiger partial charge in [-0.2, -0.15) is 5.10 Å². The molecule has 3 rings (SSSR count). The number of hydrogen-bond donors (Lipinski definition) is 2. The van der Waals surface area contributed by atoms with E-state index in [2.05, 4.69) is 15.2 Å². The van der Waals surface area contributed by atoms with E-state index in [0.29, 0.717) is 25.1 Å². The molecule has 0 spiro atoms. The number of fused-ring (bicyclic) bond motifs is 1. The molecule has 3 N–H and O–H groups in total. The van der Waals surface area contributed by atoms with Crippen LogP contribution in [0.25, 0.3) is 10.9 Å². The molecule has 1 amide bonds. The molecule has 27 heavy (non-hydrogen) atoms. The molecular weight excluding hydrogens is 342 g/mol. The number of benzene rings is 1. The zero-order valence-electron chi connectivity index (χ0n) is 15.9. The van der Waals surface area contributed by atoms with E-state index >= 15 is 0 Å². The van der Waals surface area contributed by atoms with E-state index in [1.165, 1.54) is 0 Å². The van der Waals surface area contributed by atoms with Crippen LogP contribution in [0.2, 0.25) is 0 Å². The third-order valence-electron chi connectivity index (χ3n) is 4.71. The lowest BCUT2D eigenvalue weighted by atomic mass is 10.0. The van der Waals surface area contributed by atoms with Crippen LogP contribution in [0.5, 0.6) is 5.75 Å². The van der Waals surface area contributed by atoms with Gasteiger partial charge in [0.2, 0.25) is 0 Å². The molecule has 7 nitrogen and oxygen atoms in total. The third kappa shape index (κ3) is 3.78. The van der Waals surface area contributed by atoms with Crippen molar-refractivity contribution in [3.8, 4) is 5.75 Å². The fraction of sp³-hybridized carbons (Fsp3) is 0.350. The lowest BCUT2D eigenvalue weighted by Crippen LogP contribution is -2.33. The predicted molar refractivity (Wildman–Crippen MR) is 105 cm³/mol. The highest BCUT2D eigenvalue weighted by Crippen LogP contribution is 2.29. The highest BCUT2D eigenvalue weighted by Gasteiger charge is 2.25. The van der Waals surface area contributed by atoms with E-state index in [9.17, 15) is 4.79 Å². The Kier molecular flexibility index (Phi) is 5.71. The first-order valence-corrected chi connectivity index (χ1v) is 9.04. The molecule has 142 valence electrons. The van der Waals surface area contributed by atoms with Crippen molar-refractivity contribution in [1.29, 1.82) is 0 Å². The number of nitrogens with one attached hydrogen (secondary N) is 1. The molecular formula is C20H25N5O2. The molecule has 1 atom stereocenters. The first-order chi connectivity index (χ1) is 13.1. The number of nitrogens with two attached hydrogens (primary N) is 1. The Morgan fingerprint density at radius 1 is 1.33 bits per heavy atom. The Bertz CT molecular complexity index is 937. The van der Waals surface area contributed by atoms with E-state index in [-0.39, 0.29) is 11.9 Å². The number of ether oxygens (including phenoxy) is 1. The fourth-order valence-corrected chi connectivity index (χ4v) is 3.24. The number of nitrogens with zero attached hydrogens (tertiary/aromatic N) is 3. The molecule has 0 saturated heterocycles. The number of hydrogen-bond acceptors (Lipinski definition) is 5. The zero-order chi connectivity index (χ0) is 19.4. The van der Waals surface area contributed by atoms with Crippen LogP contribution in [0.3, 0.4) is 0 Å². The maximum Gasteiger partial charge on any atom is 0.254 e. The molecule has 0 bridgehead atoms. The van der Waals surface area contributed by atoms with E-state index < -0.39 is 0 Å². The first-order valence-electron chi connectivity index (χ1n) is 9.04. The maximum atomic E-state index is 13.2. The van der Waals surface area contributed by atoms with Crippen molar-refractivity contribution in [2.75, 3.05) is 20.2 Å². The van der Waals surface area contributed by atoms with E-state index in [0.717, 1.165) is 27.8 Å². The Hall–Kier alpha value is -2.93. The standard InChI is InChI=1S/C20H25N5O2/c1-4-27-18-9-14(6-5-13(18)2)20(26)25(3)17(7-8-21)16-12-22-10-15-11-23-24-19(15)16/h5-6,9-12,17H,4,7-8,21H2,1-3H3,(H,23,24)/t17-/m1/s1. The molecule has 0 radical (unpaired) electrons. The summed E-state index contributed by atoms with van der Waals surface area (Å²) in [6.45, 7) is 4.89. The van der Waals surface area contributed by atoms with Gasteiger partial charge >= 0.3 is 0 Å². The third-order valence-corrected chi connectivity index (χ3v) is 4.71. The van der Waals surface area contributed by atoms with Crippen molar-refractivity contribution in [2.24, 2.45) is 5.73 Å². The number of carbonyl (C=O) groups is 1. The van der Waals surface area contributed by atoms with E-state index in [1.54, 1.807) is 36.6 Å². The van der Waals surface area contributed by atoms with Crippen LogP contribution in [0.1, 0.15) is 40.9 Å².